The Kier molecular flexibility index (Phi) is 6.22. The van der Waals surface area contributed by atoms with E-state index in [2.05, 4.69) is 53.4 Å². The number of halogens is 1. The largest absolute Gasteiger partial charge is 0.363 e. The summed E-state index contributed by atoms with van der Waals surface area (Å²) in [7, 11) is 0. The number of anilines is 1. The van der Waals surface area contributed by atoms with Crippen LogP contribution in [0.2, 0.25) is 0 Å². The second-order valence-electron chi connectivity index (χ2n) is 8.69. The van der Waals surface area contributed by atoms with Crippen molar-refractivity contribution in [1.82, 2.24) is 9.80 Å². The van der Waals surface area contributed by atoms with Crippen molar-refractivity contribution >= 4 is 29.1 Å². The first-order valence-corrected chi connectivity index (χ1v) is 11.9. The van der Waals surface area contributed by atoms with Gasteiger partial charge >= 0.3 is 0 Å². The highest BCUT2D eigenvalue weighted by molar-refractivity contribution is 6.52. The molecular formula is C28H26ClN3O2. The van der Waals surface area contributed by atoms with Gasteiger partial charge in [0.05, 0.1) is 11.7 Å². The number of hydrogen-bond acceptors (Lipinski definition) is 4. The van der Waals surface area contributed by atoms with Crippen LogP contribution in [0.25, 0.3) is 0 Å². The Morgan fingerprint density at radius 2 is 1.32 bits per heavy atom. The topological polar surface area (TPSA) is 43.9 Å². The third-order valence-corrected chi connectivity index (χ3v) is 6.83. The zero-order chi connectivity index (χ0) is 23.7. The van der Waals surface area contributed by atoms with Crippen LogP contribution in [0.1, 0.15) is 22.7 Å². The number of imide groups is 1. The Morgan fingerprint density at radius 3 is 1.88 bits per heavy atom. The molecular weight excluding hydrogens is 446 g/mol. The number of hydrogen-bond donors (Lipinski definition) is 0. The minimum atomic E-state index is -0.457. The second-order valence-corrected chi connectivity index (χ2v) is 9.07. The van der Waals surface area contributed by atoms with E-state index in [4.69, 9.17) is 11.6 Å². The van der Waals surface area contributed by atoms with Crippen molar-refractivity contribution in [3.8, 4) is 0 Å². The number of rotatable bonds is 5. The maximum Gasteiger partial charge on any atom is 0.283 e. The van der Waals surface area contributed by atoms with Crippen LogP contribution in [0.5, 0.6) is 0 Å². The SMILES string of the molecule is Cc1cccc(N2C(=O)C(Cl)=C(N3CCN(C(c4ccccc4)c4ccccc4)CC3)C2=O)c1. The number of benzene rings is 3. The van der Waals surface area contributed by atoms with E-state index in [-0.39, 0.29) is 17.0 Å². The maximum atomic E-state index is 13.3. The molecule has 2 heterocycles. The van der Waals surface area contributed by atoms with Gasteiger partial charge in [0.25, 0.3) is 11.8 Å². The molecule has 1 saturated heterocycles. The number of carbonyl (C=O) groups excluding carboxylic acids is 2. The van der Waals surface area contributed by atoms with Crippen molar-refractivity contribution in [2.75, 3.05) is 31.1 Å². The van der Waals surface area contributed by atoms with Gasteiger partial charge in [-0.3, -0.25) is 14.5 Å². The van der Waals surface area contributed by atoms with Gasteiger partial charge in [-0.1, -0.05) is 84.4 Å². The molecule has 0 atom stereocenters. The van der Waals surface area contributed by atoms with Gasteiger partial charge in [-0.2, -0.15) is 0 Å². The van der Waals surface area contributed by atoms with Crippen LogP contribution in [0.3, 0.4) is 0 Å². The zero-order valence-electron chi connectivity index (χ0n) is 19.0. The first kappa shape index (κ1) is 22.4. The molecule has 5 nitrogen and oxygen atoms in total. The molecule has 0 unspecified atom stereocenters. The highest BCUT2D eigenvalue weighted by atomic mass is 35.5. The minimum absolute atomic E-state index is 0.00243. The summed E-state index contributed by atoms with van der Waals surface area (Å²) in [4.78, 5) is 31.8. The van der Waals surface area contributed by atoms with Crippen LogP contribution in [-0.4, -0.2) is 47.8 Å². The summed E-state index contributed by atoms with van der Waals surface area (Å²) in [5.41, 5.74) is 4.30. The molecule has 0 bridgehead atoms. The molecule has 3 aromatic rings. The Morgan fingerprint density at radius 1 is 0.735 bits per heavy atom. The average Bonchev–Trinajstić information content (AvgIpc) is 3.09. The summed E-state index contributed by atoms with van der Waals surface area (Å²) in [6.45, 7) is 4.65. The van der Waals surface area contributed by atoms with Crippen LogP contribution in [0, 0.1) is 6.92 Å². The third kappa shape index (κ3) is 4.13. The summed E-state index contributed by atoms with van der Waals surface area (Å²) in [6.07, 6.45) is 0. The van der Waals surface area contributed by atoms with Crippen molar-refractivity contribution in [3.05, 3.63) is 112 Å². The molecule has 0 saturated carbocycles. The van der Waals surface area contributed by atoms with Gasteiger partial charge in [-0.15, -0.1) is 0 Å². The van der Waals surface area contributed by atoms with Gasteiger partial charge in [-0.25, -0.2) is 4.90 Å². The van der Waals surface area contributed by atoms with Gasteiger partial charge in [0.2, 0.25) is 0 Å². The number of carbonyl (C=O) groups is 2. The first-order chi connectivity index (χ1) is 16.5. The highest BCUT2D eigenvalue weighted by Gasteiger charge is 2.42. The van der Waals surface area contributed by atoms with Gasteiger partial charge in [0.15, 0.2) is 0 Å². The van der Waals surface area contributed by atoms with E-state index >= 15 is 0 Å². The molecule has 0 N–H and O–H groups in total. The van der Waals surface area contributed by atoms with E-state index in [9.17, 15) is 9.59 Å². The molecule has 0 aromatic heterocycles. The van der Waals surface area contributed by atoms with Crippen molar-refractivity contribution in [2.24, 2.45) is 0 Å². The Balaban J connectivity index is 1.36. The number of amides is 2. The van der Waals surface area contributed by atoms with Gasteiger partial charge in [-0.05, 0) is 35.7 Å². The molecule has 0 aliphatic carbocycles. The van der Waals surface area contributed by atoms with Crippen LogP contribution in [0.15, 0.2) is 95.7 Å². The number of nitrogens with zero attached hydrogens (tertiary/aromatic N) is 3. The quantitative estimate of drug-likeness (QED) is 0.505. The lowest BCUT2D eigenvalue weighted by Gasteiger charge is -2.40. The van der Waals surface area contributed by atoms with Crippen molar-refractivity contribution in [2.45, 2.75) is 13.0 Å². The molecule has 1 fully saturated rings. The maximum absolute atomic E-state index is 13.3. The molecule has 0 spiro atoms. The smallest absolute Gasteiger partial charge is 0.283 e. The average molecular weight is 472 g/mol. The lowest BCUT2D eigenvalue weighted by molar-refractivity contribution is -0.121. The summed E-state index contributed by atoms with van der Waals surface area (Å²) in [5, 5.41) is 0.00243. The molecule has 2 aliphatic heterocycles. The minimum Gasteiger partial charge on any atom is -0.363 e. The monoisotopic (exact) mass is 471 g/mol. The Labute approximate surface area is 204 Å². The van der Waals surface area contributed by atoms with E-state index < -0.39 is 5.91 Å². The third-order valence-electron chi connectivity index (χ3n) is 6.49. The van der Waals surface area contributed by atoms with Crippen LogP contribution in [0.4, 0.5) is 5.69 Å². The van der Waals surface area contributed by atoms with E-state index in [1.165, 1.54) is 16.0 Å². The fraction of sp³-hybridized carbons (Fsp3) is 0.214. The second kappa shape index (κ2) is 9.45. The first-order valence-electron chi connectivity index (χ1n) is 11.5. The number of piperazine rings is 1. The van der Waals surface area contributed by atoms with E-state index in [1.54, 1.807) is 6.07 Å². The highest BCUT2D eigenvalue weighted by Crippen LogP contribution is 2.34. The van der Waals surface area contributed by atoms with E-state index in [1.807, 2.05) is 42.2 Å². The summed E-state index contributed by atoms with van der Waals surface area (Å²) < 4.78 is 0. The summed E-state index contributed by atoms with van der Waals surface area (Å²) >= 11 is 6.44. The van der Waals surface area contributed by atoms with Crippen molar-refractivity contribution in [1.29, 1.82) is 0 Å². The zero-order valence-corrected chi connectivity index (χ0v) is 19.8. The summed E-state index contributed by atoms with van der Waals surface area (Å²) in [5.74, 6) is -0.808. The Bertz CT molecular complexity index is 1200. The fourth-order valence-electron chi connectivity index (χ4n) is 4.86. The van der Waals surface area contributed by atoms with Gasteiger partial charge < -0.3 is 4.90 Å². The molecule has 0 radical (unpaired) electrons. The lowest BCUT2D eigenvalue weighted by atomic mass is 9.96. The normalized spacial score (nSPS) is 17.3. The molecule has 5 rings (SSSR count). The molecule has 172 valence electrons. The summed E-state index contributed by atoms with van der Waals surface area (Å²) in [6, 6.07) is 28.4. The van der Waals surface area contributed by atoms with Crippen LogP contribution in [-0.2, 0) is 9.59 Å². The fourth-order valence-corrected chi connectivity index (χ4v) is 5.14. The molecule has 6 heteroatoms. The van der Waals surface area contributed by atoms with Crippen molar-refractivity contribution < 1.29 is 9.59 Å². The molecule has 3 aromatic carbocycles. The van der Waals surface area contributed by atoms with Gasteiger partial charge in [0.1, 0.15) is 10.7 Å². The van der Waals surface area contributed by atoms with E-state index in [0.29, 0.717) is 24.5 Å². The lowest BCUT2D eigenvalue weighted by Crippen LogP contribution is -2.48. The molecule has 34 heavy (non-hydrogen) atoms. The Hall–Kier alpha value is -3.41. The van der Waals surface area contributed by atoms with Crippen LogP contribution >= 0.6 is 11.6 Å². The standard InChI is InChI=1S/C28H26ClN3O2/c1-20-9-8-14-23(19-20)32-27(33)24(29)26(28(32)34)31-17-15-30(16-18-31)25(21-10-4-2-5-11-21)22-12-6-3-7-13-22/h2-14,19,25H,15-18H2,1H3. The molecule has 2 amide bonds. The predicted octanol–water partition coefficient (Wildman–Crippen LogP) is 4.73. The predicted molar refractivity (Wildman–Crippen MR) is 134 cm³/mol. The molecule has 2 aliphatic rings. The van der Waals surface area contributed by atoms with Crippen LogP contribution < -0.4 is 4.90 Å². The van der Waals surface area contributed by atoms with Crippen molar-refractivity contribution in [3.63, 3.8) is 0 Å². The number of aryl methyl sites for hydroxylation is 1. The van der Waals surface area contributed by atoms with Gasteiger partial charge in [0, 0.05) is 26.2 Å². The van der Waals surface area contributed by atoms with E-state index in [0.717, 1.165) is 18.7 Å².